The number of carbonyl (C=O) groups excluding carboxylic acids is 1. The molecule has 164 valence electrons. The number of piperidine rings is 1. The topological polar surface area (TPSA) is 92.4 Å². The van der Waals surface area contributed by atoms with E-state index in [4.69, 9.17) is 0 Å². The molecule has 4 rings (SSSR count). The van der Waals surface area contributed by atoms with Crippen LogP contribution in [0.25, 0.3) is 11.0 Å². The summed E-state index contributed by atoms with van der Waals surface area (Å²) in [5.41, 5.74) is 1.90. The van der Waals surface area contributed by atoms with Gasteiger partial charge in [-0.2, -0.15) is 0 Å². The molecule has 2 aliphatic rings. The number of nitrogens with one attached hydrogen (secondary N) is 1. The predicted octanol–water partition coefficient (Wildman–Crippen LogP) is 2.98. The Morgan fingerprint density at radius 3 is 2.60 bits per heavy atom. The molecule has 2 aromatic heterocycles. The van der Waals surface area contributed by atoms with Crippen LogP contribution in [0.3, 0.4) is 0 Å². The van der Waals surface area contributed by atoms with E-state index in [1.54, 1.807) is 18.1 Å². The highest BCUT2D eigenvalue weighted by Gasteiger charge is 2.54. The number of amides is 1. The van der Waals surface area contributed by atoms with Crippen LogP contribution in [0.1, 0.15) is 57.9 Å². The van der Waals surface area contributed by atoms with Crippen LogP contribution in [0.15, 0.2) is 24.5 Å². The van der Waals surface area contributed by atoms with Crippen molar-refractivity contribution < 1.29 is 13.6 Å². The van der Waals surface area contributed by atoms with Crippen LogP contribution in [-0.2, 0) is 15.9 Å². The second kappa shape index (κ2) is 7.73. The van der Waals surface area contributed by atoms with Crippen molar-refractivity contribution in [1.29, 1.82) is 0 Å². The van der Waals surface area contributed by atoms with E-state index in [2.05, 4.69) is 20.9 Å². The van der Waals surface area contributed by atoms with Crippen molar-refractivity contribution in [3.63, 3.8) is 0 Å². The lowest BCUT2D eigenvalue weighted by atomic mass is 9.75. The number of fused-ring (bicyclic) bond motifs is 1. The summed E-state index contributed by atoms with van der Waals surface area (Å²) in [6, 6.07) is 4.03. The number of aromatic nitrogens is 2. The highest BCUT2D eigenvalue weighted by molar-refractivity contribution is 7.80. The molecule has 30 heavy (non-hydrogen) atoms. The second-order valence-electron chi connectivity index (χ2n) is 9.76. The summed E-state index contributed by atoms with van der Waals surface area (Å²) in [6.07, 6.45) is 6.42. The Labute approximate surface area is 180 Å². The zero-order valence-corrected chi connectivity index (χ0v) is 19.0. The smallest absolute Gasteiger partial charge is 0.226 e. The molecule has 1 aliphatic heterocycles. The minimum Gasteiger partial charge on any atom is -0.771 e. The third kappa shape index (κ3) is 3.59. The molecule has 1 saturated carbocycles. The van der Waals surface area contributed by atoms with Gasteiger partial charge in [0.25, 0.3) is 0 Å². The van der Waals surface area contributed by atoms with Gasteiger partial charge in [-0.15, -0.1) is 0 Å². The number of likely N-dealkylation sites (tertiary alicyclic amines) is 1. The molecule has 2 aromatic rings. The van der Waals surface area contributed by atoms with E-state index in [0.29, 0.717) is 18.8 Å². The summed E-state index contributed by atoms with van der Waals surface area (Å²) in [4.78, 5) is 23.3. The standard InChI is InChI=1S/C22H32N4O3S/c1-21(2,3)25(4)20(27)16-12-22(13-16,30(28)29)26-10-7-15(8-11-26)18-14-24-19-17(18)6-5-9-23-19/h5-6,9,14-16H,7-8,10-13H2,1-4H3,(H,23,24)(H,28,29)/p-1. The van der Waals surface area contributed by atoms with Crippen molar-refractivity contribution in [3.8, 4) is 0 Å². The first-order valence-corrected chi connectivity index (χ1v) is 11.7. The Hall–Kier alpha value is -1.77. The number of pyridine rings is 1. The average Bonchev–Trinajstić information content (AvgIpc) is 3.10. The molecule has 1 saturated heterocycles. The second-order valence-corrected chi connectivity index (χ2v) is 11.0. The molecule has 1 aliphatic carbocycles. The molecular formula is C22H31N4O3S-. The van der Waals surface area contributed by atoms with Gasteiger partial charge in [-0.1, -0.05) is 0 Å². The maximum Gasteiger partial charge on any atom is 0.226 e. The third-order valence-corrected chi connectivity index (χ3v) is 8.33. The first kappa shape index (κ1) is 21.5. The summed E-state index contributed by atoms with van der Waals surface area (Å²) >= 11 is -2.23. The Balaban J connectivity index is 1.43. The van der Waals surface area contributed by atoms with Crippen molar-refractivity contribution in [1.82, 2.24) is 19.8 Å². The van der Waals surface area contributed by atoms with Gasteiger partial charge in [-0.25, -0.2) is 4.98 Å². The normalized spacial score (nSPS) is 27.0. The van der Waals surface area contributed by atoms with Gasteiger partial charge in [0.1, 0.15) is 5.65 Å². The summed E-state index contributed by atoms with van der Waals surface area (Å²) in [6.45, 7) is 7.43. The Morgan fingerprint density at radius 1 is 1.33 bits per heavy atom. The highest BCUT2D eigenvalue weighted by atomic mass is 32.2. The molecule has 0 radical (unpaired) electrons. The quantitative estimate of drug-likeness (QED) is 0.752. The van der Waals surface area contributed by atoms with Crippen molar-refractivity contribution >= 4 is 28.0 Å². The first-order valence-electron chi connectivity index (χ1n) is 10.7. The number of rotatable bonds is 4. The van der Waals surface area contributed by atoms with E-state index in [0.717, 1.165) is 37.0 Å². The Morgan fingerprint density at radius 2 is 2.00 bits per heavy atom. The lowest BCUT2D eigenvalue weighted by Crippen LogP contribution is -2.64. The first-order chi connectivity index (χ1) is 14.1. The average molecular weight is 432 g/mol. The molecule has 3 heterocycles. The SMILES string of the molecule is CN(C(=O)C1CC(N2CCC(c3c[nH]c4ncccc34)CC2)(S(=O)[O-])C1)C(C)(C)C. The molecule has 8 heteroatoms. The largest absolute Gasteiger partial charge is 0.771 e. The monoisotopic (exact) mass is 431 g/mol. The van der Waals surface area contributed by atoms with E-state index >= 15 is 0 Å². The Bertz CT molecular complexity index is 953. The zero-order valence-electron chi connectivity index (χ0n) is 18.2. The highest BCUT2D eigenvalue weighted by Crippen LogP contribution is 2.48. The fraction of sp³-hybridized carbons (Fsp3) is 0.636. The van der Waals surface area contributed by atoms with Gasteiger partial charge in [0, 0.05) is 49.4 Å². The number of aromatic amines is 1. The van der Waals surface area contributed by atoms with Crippen LogP contribution in [0, 0.1) is 5.92 Å². The van der Waals surface area contributed by atoms with E-state index < -0.39 is 16.0 Å². The maximum atomic E-state index is 12.8. The molecule has 1 atom stereocenters. The van der Waals surface area contributed by atoms with Gasteiger partial charge >= 0.3 is 0 Å². The number of nitrogens with zero attached hydrogens (tertiary/aromatic N) is 3. The lowest BCUT2D eigenvalue weighted by molar-refractivity contribution is -0.145. The van der Waals surface area contributed by atoms with Crippen LogP contribution in [0.5, 0.6) is 0 Å². The summed E-state index contributed by atoms with van der Waals surface area (Å²) in [5, 5.41) is 1.15. The molecule has 0 bridgehead atoms. The van der Waals surface area contributed by atoms with Crippen LogP contribution in [-0.4, -0.2) is 65.0 Å². The summed E-state index contributed by atoms with van der Waals surface area (Å²) < 4.78 is 24.5. The number of hydrogen-bond acceptors (Lipinski definition) is 5. The molecule has 0 spiro atoms. The third-order valence-electron chi connectivity index (χ3n) is 7.12. The lowest BCUT2D eigenvalue weighted by Gasteiger charge is -2.57. The number of H-pyrrole nitrogens is 1. The van der Waals surface area contributed by atoms with Crippen molar-refractivity contribution in [2.24, 2.45) is 5.92 Å². The van der Waals surface area contributed by atoms with Gasteiger partial charge in [-0.3, -0.25) is 13.9 Å². The van der Waals surface area contributed by atoms with E-state index in [1.807, 2.05) is 33.0 Å². The van der Waals surface area contributed by atoms with Crippen LogP contribution in [0.2, 0.25) is 0 Å². The van der Waals surface area contributed by atoms with Gasteiger partial charge in [0.15, 0.2) is 0 Å². The number of hydrogen-bond donors (Lipinski definition) is 1. The predicted molar refractivity (Wildman–Crippen MR) is 117 cm³/mol. The summed E-state index contributed by atoms with van der Waals surface area (Å²) in [5.74, 6) is 0.218. The molecular weight excluding hydrogens is 400 g/mol. The van der Waals surface area contributed by atoms with Crippen LogP contribution < -0.4 is 0 Å². The van der Waals surface area contributed by atoms with E-state index in [-0.39, 0.29) is 17.4 Å². The fourth-order valence-corrected chi connectivity index (χ4v) is 5.97. The van der Waals surface area contributed by atoms with E-state index in [9.17, 15) is 13.6 Å². The van der Waals surface area contributed by atoms with Crippen LogP contribution in [0.4, 0.5) is 0 Å². The number of carbonyl (C=O) groups is 1. The molecule has 7 nitrogen and oxygen atoms in total. The van der Waals surface area contributed by atoms with Crippen molar-refractivity contribution in [3.05, 3.63) is 30.1 Å². The minimum atomic E-state index is -2.23. The minimum absolute atomic E-state index is 0.0461. The molecule has 1 amide bonds. The van der Waals surface area contributed by atoms with Crippen molar-refractivity contribution in [2.45, 2.75) is 62.8 Å². The van der Waals surface area contributed by atoms with Gasteiger partial charge in [-0.05, 0) is 81.1 Å². The van der Waals surface area contributed by atoms with Gasteiger partial charge in [0.05, 0.1) is 4.87 Å². The van der Waals surface area contributed by atoms with Crippen molar-refractivity contribution in [2.75, 3.05) is 20.1 Å². The molecule has 2 fully saturated rings. The van der Waals surface area contributed by atoms with Crippen LogP contribution >= 0.6 is 0 Å². The molecule has 0 aromatic carbocycles. The zero-order chi connectivity index (χ0) is 21.7. The molecule has 1 N–H and O–H groups in total. The fourth-order valence-electron chi connectivity index (χ4n) is 4.90. The Kier molecular flexibility index (Phi) is 5.53. The summed E-state index contributed by atoms with van der Waals surface area (Å²) in [7, 11) is 1.80. The van der Waals surface area contributed by atoms with E-state index in [1.165, 1.54) is 5.56 Å². The van der Waals surface area contributed by atoms with Gasteiger partial charge < -0.3 is 14.4 Å². The van der Waals surface area contributed by atoms with Gasteiger partial charge in [0.2, 0.25) is 5.91 Å². The molecule has 1 unspecified atom stereocenters. The maximum absolute atomic E-state index is 12.8.